The van der Waals surface area contributed by atoms with E-state index in [1.807, 2.05) is 6.92 Å². The van der Waals surface area contributed by atoms with Crippen LogP contribution in [-0.2, 0) is 4.79 Å². The number of carbonyl (C=O) groups excluding carboxylic acids is 1. The maximum absolute atomic E-state index is 12.3. The monoisotopic (exact) mass is 324 g/mol. The number of amides is 1. The zero-order chi connectivity index (χ0) is 17.7. The maximum Gasteiger partial charge on any atom is 0.326 e. The van der Waals surface area contributed by atoms with Crippen molar-refractivity contribution < 1.29 is 24.4 Å². The SMILES string of the molecule is CCC(C)C(NC(=O)c1cc(OC)c(C)c([N+](=O)[O-])c1)C(=O)O. The number of rotatable bonds is 7. The van der Waals surface area contributed by atoms with Crippen LogP contribution >= 0.6 is 0 Å². The fourth-order valence-electron chi connectivity index (χ4n) is 2.11. The summed E-state index contributed by atoms with van der Waals surface area (Å²) in [6.45, 7) is 5.03. The third-order valence-corrected chi connectivity index (χ3v) is 3.78. The molecule has 1 aromatic rings. The van der Waals surface area contributed by atoms with Gasteiger partial charge in [0.15, 0.2) is 0 Å². The number of nitrogens with zero attached hydrogens (tertiary/aromatic N) is 1. The number of methoxy groups -OCH3 is 1. The number of carboxylic acid groups (broad SMARTS) is 1. The van der Waals surface area contributed by atoms with E-state index in [9.17, 15) is 24.8 Å². The van der Waals surface area contributed by atoms with Crippen molar-refractivity contribution in [3.8, 4) is 5.75 Å². The number of nitrogens with one attached hydrogen (secondary N) is 1. The lowest BCUT2D eigenvalue weighted by Gasteiger charge is -2.20. The van der Waals surface area contributed by atoms with Crippen LogP contribution in [0.1, 0.15) is 36.2 Å². The second-order valence-corrected chi connectivity index (χ2v) is 5.25. The molecule has 0 aliphatic rings. The summed E-state index contributed by atoms with van der Waals surface area (Å²) in [6.07, 6.45) is 0.564. The Balaban J connectivity index is 3.19. The van der Waals surface area contributed by atoms with Crippen LogP contribution in [0.2, 0.25) is 0 Å². The van der Waals surface area contributed by atoms with Gasteiger partial charge in [0, 0.05) is 11.6 Å². The number of benzene rings is 1. The van der Waals surface area contributed by atoms with Crippen molar-refractivity contribution in [2.24, 2.45) is 5.92 Å². The van der Waals surface area contributed by atoms with Crippen molar-refractivity contribution in [2.45, 2.75) is 33.2 Å². The van der Waals surface area contributed by atoms with Crippen LogP contribution in [0.4, 0.5) is 5.69 Å². The van der Waals surface area contributed by atoms with Crippen LogP contribution in [0, 0.1) is 23.0 Å². The Labute approximate surface area is 133 Å². The Bertz CT molecular complexity index is 629. The van der Waals surface area contributed by atoms with E-state index in [2.05, 4.69) is 5.32 Å². The summed E-state index contributed by atoms with van der Waals surface area (Å²) in [5.74, 6) is -1.93. The fourth-order valence-corrected chi connectivity index (χ4v) is 2.11. The Hall–Kier alpha value is -2.64. The third kappa shape index (κ3) is 4.18. The van der Waals surface area contributed by atoms with Gasteiger partial charge in [0.05, 0.1) is 17.6 Å². The first-order valence-corrected chi connectivity index (χ1v) is 7.09. The van der Waals surface area contributed by atoms with Gasteiger partial charge in [-0.1, -0.05) is 20.3 Å². The lowest BCUT2D eigenvalue weighted by atomic mass is 9.98. The van der Waals surface area contributed by atoms with Crippen LogP contribution in [-0.4, -0.2) is 35.1 Å². The molecule has 8 nitrogen and oxygen atoms in total. The summed E-state index contributed by atoms with van der Waals surface area (Å²) in [4.78, 5) is 34.0. The molecular weight excluding hydrogens is 304 g/mol. The molecule has 23 heavy (non-hydrogen) atoms. The molecule has 0 aliphatic carbocycles. The van der Waals surface area contributed by atoms with E-state index in [0.29, 0.717) is 12.0 Å². The first-order chi connectivity index (χ1) is 10.7. The fraction of sp³-hybridized carbons (Fsp3) is 0.467. The summed E-state index contributed by atoms with van der Waals surface area (Å²) in [5.41, 5.74) is 0.0179. The third-order valence-electron chi connectivity index (χ3n) is 3.78. The smallest absolute Gasteiger partial charge is 0.326 e. The number of nitro groups is 1. The minimum absolute atomic E-state index is 0.0197. The molecule has 2 unspecified atom stereocenters. The van der Waals surface area contributed by atoms with Crippen LogP contribution in [0.25, 0.3) is 0 Å². The summed E-state index contributed by atoms with van der Waals surface area (Å²) in [7, 11) is 1.34. The van der Waals surface area contributed by atoms with E-state index in [4.69, 9.17) is 4.74 Å². The molecule has 0 saturated heterocycles. The Morgan fingerprint density at radius 1 is 1.43 bits per heavy atom. The summed E-state index contributed by atoms with van der Waals surface area (Å²) in [5, 5.41) is 22.7. The van der Waals surface area contributed by atoms with Gasteiger partial charge in [-0.3, -0.25) is 14.9 Å². The molecule has 0 heterocycles. The topological polar surface area (TPSA) is 119 Å². The average molecular weight is 324 g/mol. The molecule has 1 amide bonds. The predicted octanol–water partition coefficient (Wildman–Crippen LogP) is 2.14. The van der Waals surface area contributed by atoms with E-state index in [1.165, 1.54) is 20.1 Å². The minimum atomic E-state index is -1.15. The molecule has 0 radical (unpaired) electrons. The number of ether oxygens (including phenoxy) is 1. The molecule has 0 spiro atoms. The Morgan fingerprint density at radius 3 is 2.48 bits per heavy atom. The van der Waals surface area contributed by atoms with E-state index in [1.54, 1.807) is 6.92 Å². The standard InChI is InChI=1S/C15H20N2O6/c1-5-8(2)13(15(19)20)16-14(18)10-6-11(17(21)22)9(3)12(7-10)23-4/h6-8,13H,5H2,1-4H3,(H,16,18)(H,19,20). The zero-order valence-electron chi connectivity index (χ0n) is 13.5. The molecular formula is C15H20N2O6. The first-order valence-electron chi connectivity index (χ1n) is 7.09. The van der Waals surface area contributed by atoms with Gasteiger partial charge in [0.2, 0.25) is 0 Å². The molecule has 8 heteroatoms. The molecule has 126 valence electrons. The van der Waals surface area contributed by atoms with Gasteiger partial charge in [-0.2, -0.15) is 0 Å². The van der Waals surface area contributed by atoms with Gasteiger partial charge in [0.25, 0.3) is 11.6 Å². The maximum atomic E-state index is 12.3. The molecule has 0 aliphatic heterocycles. The number of carboxylic acids is 1. The quantitative estimate of drug-likeness (QED) is 0.586. The number of carbonyl (C=O) groups is 2. The van der Waals surface area contributed by atoms with Crippen molar-refractivity contribution in [1.29, 1.82) is 0 Å². The number of nitro benzene ring substituents is 1. The molecule has 0 aromatic heterocycles. The minimum Gasteiger partial charge on any atom is -0.496 e. The van der Waals surface area contributed by atoms with Crippen LogP contribution < -0.4 is 10.1 Å². The number of hydrogen-bond donors (Lipinski definition) is 2. The average Bonchev–Trinajstić information content (AvgIpc) is 2.51. The van der Waals surface area contributed by atoms with Crippen molar-refractivity contribution in [3.63, 3.8) is 0 Å². The van der Waals surface area contributed by atoms with Gasteiger partial charge in [-0.25, -0.2) is 4.79 Å². The lowest BCUT2D eigenvalue weighted by Crippen LogP contribution is -2.45. The molecule has 2 atom stereocenters. The summed E-state index contributed by atoms with van der Waals surface area (Å²) >= 11 is 0. The molecule has 0 bridgehead atoms. The van der Waals surface area contributed by atoms with E-state index in [-0.39, 0.29) is 22.9 Å². The first kappa shape index (κ1) is 18.4. The summed E-state index contributed by atoms with van der Waals surface area (Å²) < 4.78 is 5.05. The van der Waals surface area contributed by atoms with Gasteiger partial charge in [-0.05, 0) is 18.9 Å². The van der Waals surface area contributed by atoms with Crippen LogP contribution in [0.5, 0.6) is 5.75 Å². The number of aliphatic carboxylic acids is 1. The zero-order valence-corrected chi connectivity index (χ0v) is 13.5. The van der Waals surface area contributed by atoms with Crippen molar-refractivity contribution in [2.75, 3.05) is 7.11 Å². The van der Waals surface area contributed by atoms with E-state index >= 15 is 0 Å². The van der Waals surface area contributed by atoms with E-state index < -0.39 is 22.8 Å². The van der Waals surface area contributed by atoms with E-state index in [0.717, 1.165) is 6.07 Å². The normalized spacial score (nSPS) is 13.0. The van der Waals surface area contributed by atoms with Crippen LogP contribution in [0.15, 0.2) is 12.1 Å². The van der Waals surface area contributed by atoms with Crippen molar-refractivity contribution >= 4 is 17.6 Å². The Morgan fingerprint density at radius 2 is 2.04 bits per heavy atom. The van der Waals surface area contributed by atoms with Crippen LogP contribution in [0.3, 0.4) is 0 Å². The highest BCUT2D eigenvalue weighted by atomic mass is 16.6. The largest absolute Gasteiger partial charge is 0.496 e. The Kier molecular flexibility index (Phi) is 6.06. The van der Waals surface area contributed by atoms with Gasteiger partial charge < -0.3 is 15.2 Å². The second kappa shape index (κ2) is 7.57. The van der Waals surface area contributed by atoms with Crippen molar-refractivity contribution in [1.82, 2.24) is 5.32 Å². The molecule has 0 saturated carbocycles. The highest BCUT2D eigenvalue weighted by molar-refractivity contribution is 5.97. The lowest BCUT2D eigenvalue weighted by molar-refractivity contribution is -0.385. The highest BCUT2D eigenvalue weighted by Gasteiger charge is 2.27. The summed E-state index contributed by atoms with van der Waals surface area (Å²) in [6, 6.07) is 1.40. The van der Waals surface area contributed by atoms with Gasteiger partial charge >= 0.3 is 5.97 Å². The van der Waals surface area contributed by atoms with Gasteiger partial charge in [-0.15, -0.1) is 0 Å². The number of hydrogen-bond acceptors (Lipinski definition) is 5. The molecule has 1 aromatic carbocycles. The molecule has 1 rings (SSSR count). The van der Waals surface area contributed by atoms with Gasteiger partial charge in [0.1, 0.15) is 11.8 Å². The molecule has 0 fully saturated rings. The predicted molar refractivity (Wildman–Crippen MR) is 82.7 cm³/mol. The second-order valence-electron chi connectivity index (χ2n) is 5.25. The molecule has 2 N–H and O–H groups in total. The van der Waals surface area contributed by atoms with Crippen molar-refractivity contribution in [3.05, 3.63) is 33.4 Å². The highest BCUT2D eigenvalue weighted by Crippen LogP contribution is 2.29.